The predicted octanol–water partition coefficient (Wildman–Crippen LogP) is 9.52. The Balaban J connectivity index is 1.09. The fourth-order valence-electron chi connectivity index (χ4n) is 12.0. The Labute approximate surface area is 325 Å². The molecule has 2 amide bonds. The smallest absolute Gasteiger partial charge is 0.321 e. The number of urea groups is 1. The number of ether oxygens (including phenoxy) is 1. The fraction of sp³-hybridized carbons (Fsp3) is 0.467. The SMILES string of the molecule is COc1ccc(NC(=O)N(CCc2cccs2)C[C@]2(O)CC[C@H]3[C@]45C=C[C@@]6(C=C4C(=O)c4cc7ccccc7s4)CC(O)CC[C@]6(C)[C@H]5CC[C@@]32C)cc1. The van der Waals surface area contributed by atoms with Crippen LogP contribution in [0.3, 0.4) is 0 Å². The Morgan fingerprint density at radius 1 is 0.944 bits per heavy atom. The monoisotopic (exact) mass is 762 g/mol. The molecule has 8 atom stereocenters. The summed E-state index contributed by atoms with van der Waals surface area (Å²) in [7, 11) is 1.62. The minimum absolute atomic E-state index is 0.000323. The number of nitrogens with one attached hydrogen (secondary N) is 1. The molecule has 282 valence electrons. The fourth-order valence-corrected chi connectivity index (χ4v) is 13.7. The molecule has 2 bridgehead atoms. The third kappa shape index (κ3) is 5.25. The zero-order chi connectivity index (χ0) is 37.5. The van der Waals surface area contributed by atoms with Crippen LogP contribution < -0.4 is 10.1 Å². The summed E-state index contributed by atoms with van der Waals surface area (Å²) in [6.45, 7) is 5.33. The maximum Gasteiger partial charge on any atom is 0.321 e. The Bertz CT molecular complexity index is 2130. The van der Waals surface area contributed by atoms with E-state index < -0.39 is 22.5 Å². The van der Waals surface area contributed by atoms with Crippen molar-refractivity contribution in [2.24, 2.45) is 33.5 Å². The predicted molar refractivity (Wildman–Crippen MR) is 216 cm³/mol. The molecule has 2 spiro atoms. The number of hydrogen-bond acceptors (Lipinski definition) is 7. The molecule has 6 aliphatic carbocycles. The van der Waals surface area contributed by atoms with Crippen molar-refractivity contribution in [3.05, 3.63) is 106 Å². The van der Waals surface area contributed by atoms with E-state index in [0.717, 1.165) is 52.6 Å². The van der Waals surface area contributed by atoms with Gasteiger partial charge in [-0.15, -0.1) is 22.7 Å². The number of hydrogen-bond donors (Lipinski definition) is 3. The lowest BCUT2D eigenvalue weighted by Gasteiger charge is -2.71. The standard InChI is InChI=1S/C45H50N2O5S2/c1-41-18-14-31(48)26-43(41)21-22-45(34(27-43)39(49)36-25-29-7-4-5-9-35(29)54-36)37(41)15-19-42(2)38(45)16-20-44(42,51)28-47(23-17-33-8-6-24-53-33)40(50)46-30-10-12-32(52-3)13-11-30/h4-13,21-22,24-25,27,31,37-38,48,51H,14-20,23,26,28H2,1-3H3,(H,46,50)/t31?,37-,38-,41-,42+,43+,44-,45-/m1/s1. The average Bonchev–Trinajstić information content (AvgIpc) is 3.91. The number of nitrogens with zero attached hydrogens (tertiary/aromatic N) is 1. The van der Waals surface area contributed by atoms with E-state index >= 15 is 4.79 Å². The lowest BCUT2D eigenvalue weighted by Crippen LogP contribution is -2.67. The Hall–Kier alpha value is -3.76. The Morgan fingerprint density at radius 2 is 1.70 bits per heavy atom. The normalized spacial score (nSPS) is 34.8. The summed E-state index contributed by atoms with van der Waals surface area (Å²) in [6.07, 6.45) is 12.6. The van der Waals surface area contributed by atoms with Crippen molar-refractivity contribution in [2.45, 2.75) is 76.9 Å². The van der Waals surface area contributed by atoms with Crippen LogP contribution in [0, 0.1) is 33.5 Å². The molecule has 9 heteroatoms. The highest BCUT2D eigenvalue weighted by molar-refractivity contribution is 7.21. The van der Waals surface area contributed by atoms with Gasteiger partial charge in [-0.1, -0.05) is 56.3 Å². The number of allylic oxidation sites excluding steroid dienone is 4. The minimum Gasteiger partial charge on any atom is -0.497 e. The number of anilines is 1. The molecule has 54 heavy (non-hydrogen) atoms. The number of carbonyl (C=O) groups is 2. The zero-order valence-electron chi connectivity index (χ0n) is 31.3. The number of benzene rings is 2. The van der Waals surface area contributed by atoms with Crippen molar-refractivity contribution in [3.63, 3.8) is 0 Å². The minimum atomic E-state index is -1.17. The van der Waals surface area contributed by atoms with Crippen molar-refractivity contribution < 1.29 is 24.5 Å². The number of thiophene rings is 2. The molecule has 6 aliphatic rings. The number of rotatable bonds is 9. The number of Topliss-reactive ketones (excluding diaryl/α,β-unsaturated/α-hetero) is 1. The number of aliphatic hydroxyl groups excluding tert-OH is 1. The molecule has 2 aromatic carbocycles. The average molecular weight is 763 g/mol. The third-order valence-corrected chi connectivity index (χ3v) is 16.9. The van der Waals surface area contributed by atoms with Gasteiger partial charge >= 0.3 is 6.03 Å². The van der Waals surface area contributed by atoms with Gasteiger partial charge in [0.15, 0.2) is 5.78 Å². The van der Waals surface area contributed by atoms with Crippen molar-refractivity contribution in [1.82, 2.24) is 4.90 Å². The molecule has 0 saturated heterocycles. The number of ketones is 1. The Morgan fingerprint density at radius 3 is 2.46 bits per heavy atom. The lowest BCUT2D eigenvalue weighted by molar-refractivity contribution is -0.174. The van der Waals surface area contributed by atoms with Crippen LogP contribution in [-0.4, -0.2) is 58.8 Å². The van der Waals surface area contributed by atoms with Crippen LogP contribution in [-0.2, 0) is 6.42 Å². The van der Waals surface area contributed by atoms with Crippen molar-refractivity contribution >= 4 is 50.3 Å². The first-order chi connectivity index (χ1) is 25.9. The van der Waals surface area contributed by atoms with E-state index in [1.165, 1.54) is 4.88 Å². The summed E-state index contributed by atoms with van der Waals surface area (Å²) < 4.78 is 6.43. The second-order valence-corrected chi connectivity index (χ2v) is 19.3. The maximum atomic E-state index is 15.1. The van der Waals surface area contributed by atoms with Crippen LogP contribution in [0.5, 0.6) is 5.75 Å². The van der Waals surface area contributed by atoms with E-state index in [1.807, 2.05) is 53.4 Å². The summed E-state index contributed by atoms with van der Waals surface area (Å²) in [6, 6.07) is 21.5. The van der Waals surface area contributed by atoms with E-state index in [-0.39, 0.29) is 41.0 Å². The van der Waals surface area contributed by atoms with Gasteiger partial charge < -0.3 is 25.2 Å². The molecule has 4 aromatic rings. The molecule has 0 aliphatic heterocycles. The first kappa shape index (κ1) is 35.9. The molecule has 0 radical (unpaired) electrons. The van der Waals surface area contributed by atoms with Gasteiger partial charge in [-0.3, -0.25) is 4.79 Å². The maximum absolute atomic E-state index is 15.1. The van der Waals surface area contributed by atoms with E-state index in [9.17, 15) is 15.0 Å². The van der Waals surface area contributed by atoms with Gasteiger partial charge in [0.25, 0.3) is 0 Å². The van der Waals surface area contributed by atoms with Crippen LogP contribution in [0.2, 0.25) is 0 Å². The topological polar surface area (TPSA) is 99.1 Å². The van der Waals surface area contributed by atoms with Gasteiger partial charge in [-0.2, -0.15) is 0 Å². The van der Waals surface area contributed by atoms with Gasteiger partial charge in [0.05, 0.1) is 30.2 Å². The number of aliphatic hydroxyl groups is 2. The first-order valence-electron chi connectivity index (χ1n) is 19.5. The van der Waals surface area contributed by atoms with E-state index in [1.54, 1.807) is 29.8 Å². The molecule has 2 aromatic heterocycles. The van der Waals surface area contributed by atoms with E-state index in [2.05, 4.69) is 61.0 Å². The first-order valence-corrected chi connectivity index (χ1v) is 21.2. The van der Waals surface area contributed by atoms with Crippen molar-refractivity contribution in [1.29, 1.82) is 0 Å². The summed E-state index contributed by atoms with van der Waals surface area (Å²) >= 11 is 3.24. The molecule has 1 unspecified atom stereocenters. The second kappa shape index (κ2) is 12.9. The summed E-state index contributed by atoms with van der Waals surface area (Å²) in [5, 5.41) is 30.5. The highest BCUT2D eigenvalue weighted by Crippen LogP contribution is 2.78. The summed E-state index contributed by atoms with van der Waals surface area (Å²) in [5.41, 5.74) is -1.26. The Kier molecular flexibility index (Phi) is 8.58. The number of fused-ring (bicyclic) bond motifs is 2. The molecule has 3 N–H and O–H groups in total. The van der Waals surface area contributed by atoms with Crippen LogP contribution in [0.4, 0.5) is 10.5 Å². The summed E-state index contributed by atoms with van der Waals surface area (Å²) in [4.78, 5) is 33.0. The van der Waals surface area contributed by atoms with Crippen LogP contribution in [0.1, 0.15) is 73.3 Å². The van der Waals surface area contributed by atoms with Crippen LogP contribution >= 0.6 is 22.7 Å². The van der Waals surface area contributed by atoms with Gasteiger partial charge in [0.1, 0.15) is 5.75 Å². The molecular weight excluding hydrogens is 713 g/mol. The molecule has 7 nitrogen and oxygen atoms in total. The van der Waals surface area contributed by atoms with Crippen LogP contribution in [0.15, 0.2) is 95.9 Å². The number of amides is 2. The molecule has 3 saturated carbocycles. The highest BCUT2D eigenvalue weighted by Gasteiger charge is 2.74. The van der Waals surface area contributed by atoms with Gasteiger partial charge in [-0.25, -0.2) is 4.79 Å². The van der Waals surface area contributed by atoms with E-state index in [0.29, 0.717) is 37.2 Å². The highest BCUT2D eigenvalue weighted by atomic mass is 32.1. The molecule has 3 fully saturated rings. The third-order valence-electron chi connectivity index (χ3n) is 14.9. The van der Waals surface area contributed by atoms with Crippen molar-refractivity contribution in [2.75, 3.05) is 25.5 Å². The molecule has 2 heterocycles. The van der Waals surface area contributed by atoms with Gasteiger partial charge in [0.2, 0.25) is 0 Å². The number of methoxy groups -OCH3 is 1. The number of carbonyl (C=O) groups excluding carboxylic acids is 2. The van der Waals surface area contributed by atoms with Crippen LogP contribution in [0.25, 0.3) is 10.1 Å². The van der Waals surface area contributed by atoms with Gasteiger partial charge in [-0.05, 0) is 122 Å². The second-order valence-electron chi connectivity index (χ2n) is 17.2. The van der Waals surface area contributed by atoms with Gasteiger partial charge in [0, 0.05) is 43.6 Å². The lowest BCUT2D eigenvalue weighted by atomic mass is 9.32. The van der Waals surface area contributed by atoms with Crippen molar-refractivity contribution in [3.8, 4) is 5.75 Å². The largest absolute Gasteiger partial charge is 0.497 e. The molecule has 10 rings (SSSR count). The molecular formula is C45H50N2O5S2. The summed E-state index contributed by atoms with van der Waals surface area (Å²) in [5.74, 6) is 1.00. The van der Waals surface area contributed by atoms with E-state index in [4.69, 9.17) is 4.74 Å². The zero-order valence-corrected chi connectivity index (χ0v) is 33.0. The quantitative estimate of drug-likeness (QED) is 0.117.